The van der Waals surface area contributed by atoms with Gasteiger partial charge in [0.1, 0.15) is 10.8 Å². The van der Waals surface area contributed by atoms with Crippen molar-refractivity contribution in [3.8, 4) is 0 Å². The Hall–Kier alpha value is -1.14. The van der Waals surface area contributed by atoms with Crippen molar-refractivity contribution in [3.05, 3.63) is 35.4 Å². The Labute approximate surface area is 150 Å². The number of Topliss-reactive ketones (excluding diaryl/α,β-unsaturated/α-hetero) is 1. The van der Waals surface area contributed by atoms with Crippen molar-refractivity contribution in [2.45, 2.75) is 36.1 Å². The number of alkyl halides is 2. The first-order valence-corrected chi connectivity index (χ1v) is 8.88. The van der Waals surface area contributed by atoms with Crippen LogP contribution in [0.1, 0.15) is 41.6 Å². The fraction of sp³-hybridized carbons (Fsp3) is 0.529. The number of benzene rings is 1. The highest BCUT2D eigenvalue weighted by atomic mass is 35.5. The maximum Gasteiger partial charge on any atom is 0.322 e. The molecular weight excluding hydrogens is 353 g/mol. The van der Waals surface area contributed by atoms with E-state index in [0.29, 0.717) is 43.7 Å². The fourth-order valence-electron chi connectivity index (χ4n) is 3.42. The Kier molecular flexibility index (Phi) is 5.16. The first-order chi connectivity index (χ1) is 11.5. The lowest BCUT2D eigenvalue weighted by Crippen LogP contribution is -2.48. The summed E-state index contributed by atoms with van der Waals surface area (Å²) in [5.74, 6) is -1.68. The fourth-order valence-corrected chi connectivity index (χ4v) is 3.82. The molecule has 2 heterocycles. The van der Waals surface area contributed by atoms with Crippen LogP contribution in [0.4, 0.5) is 0 Å². The summed E-state index contributed by atoms with van der Waals surface area (Å²) < 4.78 is 5.57. The van der Waals surface area contributed by atoms with Crippen molar-refractivity contribution in [1.82, 2.24) is 5.06 Å². The van der Waals surface area contributed by atoms with E-state index in [1.165, 1.54) is 0 Å². The number of rotatable bonds is 4. The molecule has 1 unspecified atom stereocenters. The van der Waals surface area contributed by atoms with Gasteiger partial charge in [-0.15, -0.1) is 23.2 Å². The summed E-state index contributed by atoms with van der Waals surface area (Å²) in [5, 5.41) is 1.81. The summed E-state index contributed by atoms with van der Waals surface area (Å²) >= 11 is 12.0. The Morgan fingerprint density at radius 3 is 2.58 bits per heavy atom. The largest absolute Gasteiger partial charge is 0.450 e. The van der Waals surface area contributed by atoms with Gasteiger partial charge in [-0.2, -0.15) is 5.06 Å². The van der Waals surface area contributed by atoms with Crippen molar-refractivity contribution in [3.63, 3.8) is 0 Å². The molecule has 5 nitrogen and oxygen atoms in total. The molecule has 0 radical (unpaired) electrons. The molecule has 130 valence electrons. The maximum atomic E-state index is 13.0. The number of nitrogens with zero attached hydrogens (tertiary/aromatic N) is 1. The van der Waals surface area contributed by atoms with Gasteiger partial charge in [0.05, 0.1) is 6.61 Å². The van der Waals surface area contributed by atoms with E-state index in [2.05, 4.69) is 0 Å². The lowest BCUT2D eigenvalue weighted by atomic mass is 9.81. The second kappa shape index (κ2) is 7.00. The zero-order chi connectivity index (χ0) is 17.3. The molecule has 2 saturated heterocycles. The molecule has 3 rings (SSSR count). The van der Waals surface area contributed by atoms with Gasteiger partial charge in [-0.25, -0.2) is 0 Å². The van der Waals surface area contributed by atoms with E-state index in [1.54, 1.807) is 29.3 Å². The Morgan fingerprint density at radius 1 is 1.29 bits per heavy atom. The Balaban J connectivity index is 1.86. The number of ketones is 1. The van der Waals surface area contributed by atoms with Crippen LogP contribution in [0.5, 0.6) is 0 Å². The summed E-state index contributed by atoms with van der Waals surface area (Å²) in [4.78, 5) is 30.2. The van der Waals surface area contributed by atoms with Gasteiger partial charge in [0.15, 0.2) is 11.4 Å². The molecule has 7 heteroatoms. The zero-order valence-electron chi connectivity index (χ0n) is 13.3. The molecule has 1 aromatic carbocycles. The first kappa shape index (κ1) is 17.7. The molecule has 2 aliphatic heterocycles. The van der Waals surface area contributed by atoms with Gasteiger partial charge in [-0.3, -0.25) is 14.4 Å². The summed E-state index contributed by atoms with van der Waals surface area (Å²) in [6.07, 6.45) is 0.864. The maximum absolute atomic E-state index is 13.0. The van der Waals surface area contributed by atoms with E-state index < -0.39 is 22.3 Å². The van der Waals surface area contributed by atoms with E-state index in [4.69, 9.17) is 32.8 Å². The Bertz CT molecular complexity index is 641. The molecule has 0 amide bonds. The number of piperidine rings is 1. The van der Waals surface area contributed by atoms with Crippen LogP contribution in [0.15, 0.2) is 24.3 Å². The first-order valence-electron chi connectivity index (χ1n) is 8.00. The SMILES string of the molecule is CCON1CCC2(CC1)OC(=O)C(c1ccccc1C(Cl)Cl)C2=O. The summed E-state index contributed by atoms with van der Waals surface area (Å²) in [7, 11) is 0. The third-order valence-electron chi connectivity index (χ3n) is 4.63. The van der Waals surface area contributed by atoms with Gasteiger partial charge in [0.25, 0.3) is 0 Å². The van der Waals surface area contributed by atoms with E-state index in [-0.39, 0.29) is 5.78 Å². The van der Waals surface area contributed by atoms with E-state index >= 15 is 0 Å². The lowest BCUT2D eigenvalue weighted by molar-refractivity contribution is -0.195. The number of hydroxylamine groups is 2. The third-order valence-corrected chi connectivity index (χ3v) is 5.10. The molecule has 2 fully saturated rings. The predicted molar refractivity (Wildman–Crippen MR) is 89.9 cm³/mol. The number of carbonyl (C=O) groups excluding carboxylic acids is 2. The third kappa shape index (κ3) is 3.06. The number of hydrogen-bond acceptors (Lipinski definition) is 5. The quantitative estimate of drug-likeness (QED) is 0.462. The number of halogens is 2. The minimum atomic E-state index is -1.06. The summed E-state index contributed by atoms with van der Waals surface area (Å²) in [6, 6.07) is 6.98. The summed E-state index contributed by atoms with van der Waals surface area (Å²) in [5.41, 5.74) is 0.0443. The average molecular weight is 372 g/mol. The molecule has 1 aromatic rings. The van der Waals surface area contributed by atoms with Gasteiger partial charge >= 0.3 is 5.97 Å². The van der Waals surface area contributed by atoms with Crippen LogP contribution in [-0.2, 0) is 19.2 Å². The van der Waals surface area contributed by atoms with Gasteiger partial charge in [-0.1, -0.05) is 24.3 Å². The number of hydrogen-bond donors (Lipinski definition) is 0. The van der Waals surface area contributed by atoms with E-state index in [1.807, 2.05) is 6.92 Å². The second-order valence-corrected chi connectivity index (χ2v) is 7.09. The van der Waals surface area contributed by atoms with Gasteiger partial charge in [-0.05, 0) is 18.1 Å². The highest BCUT2D eigenvalue weighted by Crippen LogP contribution is 2.43. The van der Waals surface area contributed by atoms with Crippen LogP contribution in [0.3, 0.4) is 0 Å². The topological polar surface area (TPSA) is 55.8 Å². The molecule has 0 bridgehead atoms. The molecule has 2 aliphatic rings. The Morgan fingerprint density at radius 2 is 1.96 bits per heavy atom. The molecule has 1 spiro atoms. The number of esters is 1. The lowest BCUT2D eigenvalue weighted by Gasteiger charge is -2.35. The molecule has 1 atom stereocenters. The molecule has 0 aromatic heterocycles. The van der Waals surface area contributed by atoms with E-state index in [9.17, 15) is 9.59 Å². The van der Waals surface area contributed by atoms with Crippen molar-refractivity contribution in [1.29, 1.82) is 0 Å². The molecule has 24 heavy (non-hydrogen) atoms. The highest BCUT2D eigenvalue weighted by Gasteiger charge is 2.57. The van der Waals surface area contributed by atoms with Crippen LogP contribution in [0.25, 0.3) is 0 Å². The van der Waals surface area contributed by atoms with Gasteiger partial charge < -0.3 is 4.74 Å². The molecule has 0 aliphatic carbocycles. The molecular formula is C17H19Cl2NO4. The van der Waals surface area contributed by atoms with Crippen molar-refractivity contribution in [2.24, 2.45) is 0 Å². The highest BCUT2D eigenvalue weighted by molar-refractivity contribution is 6.44. The van der Waals surface area contributed by atoms with Crippen molar-refractivity contribution < 1.29 is 19.2 Å². The smallest absolute Gasteiger partial charge is 0.322 e. The molecule has 0 N–H and O–H groups in total. The minimum Gasteiger partial charge on any atom is -0.450 e. The summed E-state index contributed by atoms with van der Waals surface area (Å²) in [6.45, 7) is 3.58. The van der Waals surface area contributed by atoms with Gasteiger partial charge in [0, 0.05) is 25.9 Å². The predicted octanol–water partition coefficient (Wildman–Crippen LogP) is 3.16. The van der Waals surface area contributed by atoms with Crippen molar-refractivity contribution >= 4 is 35.0 Å². The zero-order valence-corrected chi connectivity index (χ0v) is 14.8. The monoisotopic (exact) mass is 371 g/mol. The number of carbonyl (C=O) groups is 2. The average Bonchev–Trinajstić information content (AvgIpc) is 2.80. The standard InChI is InChI=1S/C17H19Cl2NO4/c1-2-23-20-9-7-17(8-10-20)14(21)13(16(22)24-17)11-5-3-4-6-12(11)15(18)19/h3-6,13,15H,2,7-10H2,1H3. The van der Waals surface area contributed by atoms with E-state index in [0.717, 1.165) is 0 Å². The normalized spacial score (nSPS) is 23.9. The number of ether oxygens (including phenoxy) is 1. The van der Waals surface area contributed by atoms with Crippen molar-refractivity contribution in [2.75, 3.05) is 19.7 Å². The minimum absolute atomic E-state index is 0.204. The van der Waals surface area contributed by atoms with Crippen LogP contribution in [-0.4, -0.2) is 42.1 Å². The van der Waals surface area contributed by atoms with Crippen LogP contribution in [0.2, 0.25) is 0 Å². The second-order valence-electron chi connectivity index (χ2n) is 5.99. The van der Waals surface area contributed by atoms with Crippen LogP contribution < -0.4 is 0 Å². The molecule has 0 saturated carbocycles. The van der Waals surface area contributed by atoms with Gasteiger partial charge in [0.2, 0.25) is 0 Å². The van der Waals surface area contributed by atoms with Crippen LogP contribution in [0, 0.1) is 0 Å². The van der Waals surface area contributed by atoms with Crippen LogP contribution >= 0.6 is 23.2 Å².